The third kappa shape index (κ3) is 3.11. The summed E-state index contributed by atoms with van der Waals surface area (Å²) in [7, 11) is 0. The molecule has 1 fully saturated rings. The number of nitrogens with zero attached hydrogens (tertiary/aromatic N) is 4. The van der Waals surface area contributed by atoms with Gasteiger partial charge in [-0.15, -0.1) is 10.2 Å². The maximum absolute atomic E-state index is 11.9. The summed E-state index contributed by atoms with van der Waals surface area (Å²) >= 11 is 0. The van der Waals surface area contributed by atoms with Crippen LogP contribution in [0.2, 0.25) is 0 Å². The minimum atomic E-state index is -0.247. The van der Waals surface area contributed by atoms with Crippen molar-refractivity contribution in [2.24, 2.45) is 0 Å². The highest BCUT2D eigenvalue weighted by atomic mass is 16.6. The summed E-state index contributed by atoms with van der Waals surface area (Å²) in [5.41, 5.74) is 3.47. The fourth-order valence-electron chi connectivity index (χ4n) is 3.40. The van der Waals surface area contributed by atoms with Gasteiger partial charge in [-0.05, 0) is 23.6 Å². The molecule has 132 valence electrons. The number of carbonyl (C=O) groups excluding carboxylic acids is 1. The maximum Gasteiger partial charge on any atom is 0.414 e. The number of hydrogen-bond donors (Lipinski definition) is 0. The molecule has 3 heterocycles. The average molecular weight is 342 g/mol. The molecule has 4 rings (SSSR count). The van der Waals surface area contributed by atoms with Crippen LogP contribution >= 0.6 is 0 Å². The number of benzene rings is 1. The molecule has 0 bridgehead atoms. The van der Waals surface area contributed by atoms with E-state index in [4.69, 9.17) is 9.15 Å². The largest absolute Gasteiger partial charge is 0.447 e. The third-order valence-electron chi connectivity index (χ3n) is 4.71. The second kappa shape index (κ2) is 6.48. The highest BCUT2D eigenvalue weighted by Gasteiger charge is 2.28. The van der Waals surface area contributed by atoms with Crippen molar-refractivity contribution in [3.8, 4) is 0 Å². The van der Waals surface area contributed by atoms with E-state index in [9.17, 15) is 4.79 Å². The van der Waals surface area contributed by atoms with Crippen molar-refractivity contribution in [2.75, 3.05) is 24.6 Å². The van der Waals surface area contributed by atoms with Crippen LogP contribution in [0.4, 0.5) is 10.5 Å². The van der Waals surface area contributed by atoms with E-state index in [0.29, 0.717) is 31.5 Å². The first kappa shape index (κ1) is 16.1. The lowest BCUT2D eigenvalue weighted by Gasteiger charge is -2.30. The van der Waals surface area contributed by atoms with Gasteiger partial charge in [-0.1, -0.05) is 26.0 Å². The molecule has 7 nitrogen and oxygen atoms in total. The smallest absolute Gasteiger partial charge is 0.414 e. The summed E-state index contributed by atoms with van der Waals surface area (Å²) in [4.78, 5) is 15.9. The summed E-state index contributed by atoms with van der Waals surface area (Å²) in [5.74, 6) is 1.58. The molecule has 0 aliphatic carbocycles. The van der Waals surface area contributed by atoms with E-state index in [1.54, 1.807) is 4.90 Å². The Labute approximate surface area is 146 Å². The van der Waals surface area contributed by atoms with Gasteiger partial charge >= 0.3 is 6.09 Å². The van der Waals surface area contributed by atoms with E-state index >= 15 is 0 Å². The summed E-state index contributed by atoms with van der Waals surface area (Å²) < 4.78 is 10.8. The summed E-state index contributed by atoms with van der Waals surface area (Å²) in [6.45, 7) is 7.52. The molecule has 1 saturated heterocycles. The molecular weight excluding hydrogens is 320 g/mol. The molecule has 2 aliphatic heterocycles. The zero-order valence-corrected chi connectivity index (χ0v) is 14.6. The monoisotopic (exact) mass is 342 g/mol. The highest BCUT2D eigenvalue weighted by molar-refractivity contribution is 5.90. The van der Waals surface area contributed by atoms with Crippen LogP contribution in [-0.2, 0) is 24.2 Å². The maximum atomic E-state index is 11.9. The molecular formula is C18H22N4O3. The molecule has 0 radical (unpaired) electrons. The fourth-order valence-corrected chi connectivity index (χ4v) is 3.40. The SMILES string of the molecule is CC(C)c1nnc(CN2CCc3c(cccc3N3CCOC3=O)C2)o1. The van der Waals surface area contributed by atoms with Crippen molar-refractivity contribution in [1.29, 1.82) is 0 Å². The lowest BCUT2D eigenvalue weighted by atomic mass is 9.97. The summed E-state index contributed by atoms with van der Waals surface area (Å²) in [6.07, 6.45) is 0.642. The number of ether oxygens (including phenoxy) is 1. The first-order valence-corrected chi connectivity index (χ1v) is 8.71. The molecule has 0 unspecified atom stereocenters. The van der Waals surface area contributed by atoms with Crippen LogP contribution in [0, 0.1) is 0 Å². The van der Waals surface area contributed by atoms with Crippen molar-refractivity contribution >= 4 is 11.8 Å². The van der Waals surface area contributed by atoms with Gasteiger partial charge in [-0.2, -0.15) is 0 Å². The van der Waals surface area contributed by atoms with Gasteiger partial charge in [0, 0.05) is 19.0 Å². The predicted molar refractivity (Wildman–Crippen MR) is 91.3 cm³/mol. The number of rotatable bonds is 4. The van der Waals surface area contributed by atoms with Gasteiger partial charge in [-0.25, -0.2) is 4.79 Å². The molecule has 0 saturated carbocycles. The number of anilines is 1. The lowest BCUT2D eigenvalue weighted by Crippen LogP contribution is -2.32. The van der Waals surface area contributed by atoms with Gasteiger partial charge in [0.25, 0.3) is 0 Å². The van der Waals surface area contributed by atoms with Crippen LogP contribution in [0.5, 0.6) is 0 Å². The van der Waals surface area contributed by atoms with Crippen LogP contribution < -0.4 is 4.90 Å². The second-order valence-electron chi connectivity index (χ2n) is 6.83. The van der Waals surface area contributed by atoms with E-state index in [2.05, 4.69) is 21.2 Å². The molecule has 0 atom stereocenters. The Balaban J connectivity index is 1.50. The van der Waals surface area contributed by atoms with Gasteiger partial charge < -0.3 is 9.15 Å². The van der Waals surface area contributed by atoms with Crippen LogP contribution in [0.15, 0.2) is 22.6 Å². The normalized spacial score (nSPS) is 17.9. The van der Waals surface area contributed by atoms with Crippen molar-refractivity contribution in [3.63, 3.8) is 0 Å². The van der Waals surface area contributed by atoms with Crippen molar-refractivity contribution in [2.45, 2.75) is 39.3 Å². The van der Waals surface area contributed by atoms with Crippen molar-refractivity contribution in [3.05, 3.63) is 41.1 Å². The lowest BCUT2D eigenvalue weighted by molar-refractivity contribution is 0.181. The second-order valence-corrected chi connectivity index (χ2v) is 6.83. The average Bonchev–Trinajstić information content (AvgIpc) is 3.23. The third-order valence-corrected chi connectivity index (χ3v) is 4.71. The summed E-state index contributed by atoms with van der Waals surface area (Å²) in [5, 5.41) is 8.25. The first-order valence-electron chi connectivity index (χ1n) is 8.71. The van der Waals surface area contributed by atoms with E-state index in [1.165, 1.54) is 11.1 Å². The topological polar surface area (TPSA) is 71.7 Å². The molecule has 25 heavy (non-hydrogen) atoms. The number of fused-ring (bicyclic) bond motifs is 1. The zero-order chi connectivity index (χ0) is 17.4. The van der Waals surface area contributed by atoms with Gasteiger partial charge in [0.2, 0.25) is 11.8 Å². The van der Waals surface area contributed by atoms with E-state index in [1.807, 2.05) is 26.0 Å². The Kier molecular flexibility index (Phi) is 4.17. The molecule has 0 N–H and O–H groups in total. The molecule has 1 aromatic carbocycles. The van der Waals surface area contributed by atoms with E-state index in [0.717, 1.165) is 25.2 Å². The molecule has 1 amide bonds. The van der Waals surface area contributed by atoms with E-state index < -0.39 is 0 Å². The minimum absolute atomic E-state index is 0.242. The number of hydrogen-bond acceptors (Lipinski definition) is 6. The number of aromatic nitrogens is 2. The Morgan fingerprint density at radius 1 is 1.24 bits per heavy atom. The fraction of sp³-hybridized carbons (Fsp3) is 0.500. The summed E-state index contributed by atoms with van der Waals surface area (Å²) in [6, 6.07) is 6.14. The molecule has 2 aliphatic rings. The molecule has 7 heteroatoms. The Bertz CT molecular complexity index is 786. The van der Waals surface area contributed by atoms with Gasteiger partial charge in [0.1, 0.15) is 6.61 Å². The van der Waals surface area contributed by atoms with Crippen LogP contribution in [-0.4, -0.2) is 40.9 Å². The van der Waals surface area contributed by atoms with Crippen molar-refractivity contribution < 1.29 is 13.9 Å². The standard InChI is InChI=1S/C18H22N4O3/c1-12(2)17-20-19-16(25-17)11-21-7-6-14-13(10-21)4-3-5-15(14)22-8-9-24-18(22)23/h3-5,12H,6-11H2,1-2H3. The zero-order valence-electron chi connectivity index (χ0n) is 14.6. The van der Waals surface area contributed by atoms with Crippen LogP contribution in [0.25, 0.3) is 0 Å². The molecule has 1 aromatic heterocycles. The Hall–Kier alpha value is -2.41. The van der Waals surface area contributed by atoms with E-state index in [-0.39, 0.29) is 12.0 Å². The highest BCUT2D eigenvalue weighted by Crippen LogP contribution is 2.31. The van der Waals surface area contributed by atoms with Crippen LogP contribution in [0.1, 0.15) is 42.7 Å². The van der Waals surface area contributed by atoms with Crippen molar-refractivity contribution in [1.82, 2.24) is 15.1 Å². The number of amides is 1. The number of cyclic esters (lactones) is 1. The predicted octanol–water partition coefficient (Wildman–Crippen LogP) is 2.71. The van der Waals surface area contributed by atoms with Gasteiger partial charge in [0.05, 0.1) is 18.8 Å². The first-order chi connectivity index (χ1) is 12.1. The van der Waals surface area contributed by atoms with Gasteiger partial charge in [0.15, 0.2) is 0 Å². The Morgan fingerprint density at radius 2 is 2.12 bits per heavy atom. The van der Waals surface area contributed by atoms with Gasteiger partial charge in [-0.3, -0.25) is 9.80 Å². The van der Waals surface area contributed by atoms with Crippen LogP contribution in [0.3, 0.4) is 0 Å². The minimum Gasteiger partial charge on any atom is -0.447 e. The molecule has 2 aromatic rings. The molecule has 0 spiro atoms. The Morgan fingerprint density at radius 3 is 2.84 bits per heavy atom. The number of carbonyl (C=O) groups is 1. The quantitative estimate of drug-likeness (QED) is 0.851.